The molecule has 5 heteroatoms. The van der Waals surface area contributed by atoms with Gasteiger partial charge in [0.1, 0.15) is 11.6 Å². The molecule has 1 atom stereocenters. The van der Waals surface area contributed by atoms with Crippen molar-refractivity contribution in [2.75, 3.05) is 20.7 Å². The van der Waals surface area contributed by atoms with E-state index in [4.69, 9.17) is 10.5 Å². The molecule has 5 nitrogen and oxygen atoms in total. The standard InChI is InChI=1S/C16H24N4O/c1-12-9-13(5-6-15(12)21-4)14(10-17)20(3)11-16-18-7-8-19(16)2/h5-9,14H,10-11,17H2,1-4H3. The van der Waals surface area contributed by atoms with Crippen LogP contribution in [0, 0.1) is 6.92 Å². The summed E-state index contributed by atoms with van der Waals surface area (Å²) >= 11 is 0. The van der Waals surface area contributed by atoms with Crippen molar-refractivity contribution in [1.29, 1.82) is 0 Å². The van der Waals surface area contributed by atoms with E-state index in [1.54, 1.807) is 7.11 Å². The normalized spacial score (nSPS) is 12.7. The van der Waals surface area contributed by atoms with Crippen LogP contribution in [0.2, 0.25) is 0 Å². The van der Waals surface area contributed by atoms with Crippen molar-refractivity contribution < 1.29 is 4.74 Å². The molecule has 21 heavy (non-hydrogen) atoms. The van der Waals surface area contributed by atoms with Crippen molar-refractivity contribution in [3.05, 3.63) is 47.5 Å². The number of hydrogen-bond acceptors (Lipinski definition) is 4. The third-order valence-corrected chi connectivity index (χ3v) is 3.87. The molecule has 1 aromatic heterocycles. The highest BCUT2D eigenvalue weighted by Gasteiger charge is 2.18. The van der Waals surface area contributed by atoms with Crippen LogP contribution in [-0.4, -0.2) is 35.2 Å². The quantitative estimate of drug-likeness (QED) is 0.881. The van der Waals surface area contributed by atoms with Crippen molar-refractivity contribution in [1.82, 2.24) is 14.5 Å². The molecule has 2 rings (SSSR count). The molecule has 1 heterocycles. The van der Waals surface area contributed by atoms with E-state index < -0.39 is 0 Å². The highest BCUT2D eigenvalue weighted by molar-refractivity contribution is 5.37. The van der Waals surface area contributed by atoms with Crippen LogP contribution in [0.15, 0.2) is 30.6 Å². The molecule has 114 valence electrons. The summed E-state index contributed by atoms with van der Waals surface area (Å²) in [6.45, 7) is 3.37. The lowest BCUT2D eigenvalue weighted by molar-refractivity contribution is 0.233. The summed E-state index contributed by atoms with van der Waals surface area (Å²) < 4.78 is 7.35. The van der Waals surface area contributed by atoms with Gasteiger partial charge >= 0.3 is 0 Å². The molecule has 0 amide bonds. The summed E-state index contributed by atoms with van der Waals surface area (Å²) in [5.41, 5.74) is 8.32. The molecule has 2 N–H and O–H groups in total. The van der Waals surface area contributed by atoms with Gasteiger partial charge in [-0.15, -0.1) is 0 Å². The third-order valence-electron chi connectivity index (χ3n) is 3.87. The fourth-order valence-corrected chi connectivity index (χ4v) is 2.56. The van der Waals surface area contributed by atoms with E-state index in [-0.39, 0.29) is 6.04 Å². The fourth-order valence-electron chi connectivity index (χ4n) is 2.56. The van der Waals surface area contributed by atoms with Crippen LogP contribution in [0.1, 0.15) is 23.0 Å². The molecule has 0 fully saturated rings. The Morgan fingerprint density at radius 1 is 1.43 bits per heavy atom. The lowest BCUT2D eigenvalue weighted by Gasteiger charge is -2.27. The Kier molecular flexibility index (Phi) is 4.98. The number of imidazole rings is 1. The minimum Gasteiger partial charge on any atom is -0.496 e. The number of aromatic nitrogens is 2. The SMILES string of the molecule is COc1ccc(C(CN)N(C)Cc2nccn2C)cc1C. The first-order valence-corrected chi connectivity index (χ1v) is 7.07. The number of rotatable bonds is 6. The van der Waals surface area contributed by atoms with Crippen molar-refractivity contribution in [2.45, 2.75) is 19.5 Å². The van der Waals surface area contributed by atoms with Crippen molar-refractivity contribution in [3.8, 4) is 5.75 Å². The number of methoxy groups -OCH3 is 1. The van der Waals surface area contributed by atoms with E-state index in [2.05, 4.69) is 36.0 Å². The van der Waals surface area contributed by atoms with Gasteiger partial charge in [-0.1, -0.05) is 12.1 Å². The smallest absolute Gasteiger partial charge is 0.122 e. The Labute approximate surface area is 126 Å². The minimum atomic E-state index is 0.159. The van der Waals surface area contributed by atoms with E-state index >= 15 is 0 Å². The Bertz CT molecular complexity index is 594. The summed E-state index contributed by atoms with van der Waals surface area (Å²) in [5.74, 6) is 1.93. The average molecular weight is 288 g/mol. The number of ether oxygens (including phenoxy) is 1. The number of aryl methyl sites for hydroxylation is 2. The third kappa shape index (κ3) is 3.43. The predicted octanol–water partition coefficient (Wildman–Crippen LogP) is 1.87. The van der Waals surface area contributed by atoms with E-state index in [9.17, 15) is 0 Å². The van der Waals surface area contributed by atoms with Gasteiger partial charge in [-0.05, 0) is 31.2 Å². The van der Waals surface area contributed by atoms with E-state index in [0.29, 0.717) is 6.54 Å². The molecule has 0 aliphatic rings. The second-order valence-corrected chi connectivity index (χ2v) is 5.35. The van der Waals surface area contributed by atoms with E-state index in [1.807, 2.05) is 30.1 Å². The monoisotopic (exact) mass is 288 g/mol. The number of benzene rings is 1. The molecule has 2 aromatic rings. The summed E-state index contributed by atoms with van der Waals surface area (Å²) in [5, 5.41) is 0. The molecule has 0 spiro atoms. The minimum absolute atomic E-state index is 0.159. The second-order valence-electron chi connectivity index (χ2n) is 5.35. The van der Waals surface area contributed by atoms with Gasteiger partial charge in [-0.25, -0.2) is 4.98 Å². The largest absolute Gasteiger partial charge is 0.496 e. The Morgan fingerprint density at radius 2 is 2.19 bits per heavy atom. The maximum Gasteiger partial charge on any atom is 0.122 e. The summed E-state index contributed by atoms with van der Waals surface area (Å²) in [6.07, 6.45) is 3.77. The van der Waals surface area contributed by atoms with Crippen LogP contribution in [0.4, 0.5) is 0 Å². The molecule has 1 aromatic carbocycles. The number of nitrogens with two attached hydrogens (primary N) is 1. The Balaban J connectivity index is 2.18. The first kappa shape index (κ1) is 15.5. The molecular weight excluding hydrogens is 264 g/mol. The Morgan fingerprint density at radius 3 is 2.71 bits per heavy atom. The first-order valence-electron chi connectivity index (χ1n) is 7.07. The van der Waals surface area contributed by atoms with Crippen molar-refractivity contribution >= 4 is 0 Å². The van der Waals surface area contributed by atoms with Crippen LogP contribution in [0.3, 0.4) is 0 Å². The maximum atomic E-state index is 5.99. The lowest BCUT2D eigenvalue weighted by atomic mass is 10.0. The van der Waals surface area contributed by atoms with Gasteiger partial charge in [0.2, 0.25) is 0 Å². The lowest BCUT2D eigenvalue weighted by Crippen LogP contribution is -2.31. The maximum absolute atomic E-state index is 5.99. The van der Waals surface area contributed by atoms with Gasteiger partial charge in [0.05, 0.1) is 13.7 Å². The van der Waals surface area contributed by atoms with Crippen molar-refractivity contribution in [3.63, 3.8) is 0 Å². The zero-order valence-electron chi connectivity index (χ0n) is 13.2. The molecule has 0 radical (unpaired) electrons. The molecule has 0 bridgehead atoms. The van der Waals surface area contributed by atoms with Crippen LogP contribution < -0.4 is 10.5 Å². The molecule has 0 saturated carbocycles. The molecular formula is C16H24N4O. The number of hydrogen-bond donors (Lipinski definition) is 1. The van der Waals surface area contributed by atoms with Gasteiger partial charge in [-0.3, -0.25) is 4.90 Å². The van der Waals surface area contributed by atoms with E-state index in [1.165, 1.54) is 5.56 Å². The second kappa shape index (κ2) is 6.74. The first-order chi connectivity index (χ1) is 10.1. The highest BCUT2D eigenvalue weighted by Crippen LogP contribution is 2.25. The van der Waals surface area contributed by atoms with Gasteiger partial charge in [0.25, 0.3) is 0 Å². The van der Waals surface area contributed by atoms with Crippen LogP contribution in [-0.2, 0) is 13.6 Å². The molecule has 0 saturated heterocycles. The molecule has 1 unspecified atom stereocenters. The Hall–Kier alpha value is -1.85. The van der Waals surface area contributed by atoms with Gasteiger partial charge in [-0.2, -0.15) is 0 Å². The van der Waals surface area contributed by atoms with Crippen LogP contribution in [0.25, 0.3) is 0 Å². The zero-order chi connectivity index (χ0) is 15.4. The zero-order valence-corrected chi connectivity index (χ0v) is 13.2. The summed E-state index contributed by atoms with van der Waals surface area (Å²) in [6, 6.07) is 6.39. The fraction of sp³-hybridized carbons (Fsp3) is 0.438. The molecule has 0 aliphatic carbocycles. The van der Waals surface area contributed by atoms with Crippen molar-refractivity contribution in [2.24, 2.45) is 12.8 Å². The number of likely N-dealkylation sites (N-methyl/N-ethyl adjacent to an activating group) is 1. The van der Waals surface area contributed by atoms with Crippen LogP contribution in [0.5, 0.6) is 5.75 Å². The topological polar surface area (TPSA) is 56.3 Å². The average Bonchev–Trinajstić information content (AvgIpc) is 2.85. The highest BCUT2D eigenvalue weighted by atomic mass is 16.5. The van der Waals surface area contributed by atoms with E-state index in [0.717, 1.165) is 23.7 Å². The van der Waals surface area contributed by atoms with Gasteiger partial charge in [0.15, 0.2) is 0 Å². The summed E-state index contributed by atoms with van der Waals surface area (Å²) in [4.78, 5) is 6.60. The van der Waals surface area contributed by atoms with Gasteiger partial charge < -0.3 is 15.0 Å². The predicted molar refractivity (Wildman–Crippen MR) is 84.2 cm³/mol. The van der Waals surface area contributed by atoms with Crippen LogP contribution >= 0.6 is 0 Å². The molecule has 0 aliphatic heterocycles. The van der Waals surface area contributed by atoms with Gasteiger partial charge in [0, 0.05) is 32.0 Å². The summed E-state index contributed by atoms with van der Waals surface area (Å²) in [7, 11) is 5.77. The number of nitrogens with zero attached hydrogens (tertiary/aromatic N) is 3.